The van der Waals surface area contributed by atoms with Gasteiger partial charge in [-0.15, -0.1) is 0 Å². The maximum atomic E-state index is 10.7. The summed E-state index contributed by atoms with van der Waals surface area (Å²) in [6, 6.07) is 0. The number of fused-ring (bicyclic) bond motifs is 1. The zero-order valence-electron chi connectivity index (χ0n) is 7.62. The highest BCUT2D eigenvalue weighted by molar-refractivity contribution is 7.98. The lowest BCUT2D eigenvalue weighted by molar-refractivity contribution is 0.111. The lowest BCUT2D eigenvalue weighted by Gasteiger charge is -2.12. The molecule has 0 fully saturated rings. The molecule has 0 amide bonds. The van der Waals surface area contributed by atoms with Crippen LogP contribution in [0.3, 0.4) is 0 Å². The van der Waals surface area contributed by atoms with E-state index in [2.05, 4.69) is 12.0 Å². The average molecular weight is 196 g/mol. The predicted molar refractivity (Wildman–Crippen MR) is 53.2 cm³/mol. The summed E-state index contributed by atoms with van der Waals surface area (Å²) in [6.45, 7) is 2.92. The van der Waals surface area contributed by atoms with Crippen LogP contribution in [-0.4, -0.2) is 21.8 Å². The zero-order valence-corrected chi connectivity index (χ0v) is 8.43. The first-order chi connectivity index (χ1) is 6.36. The van der Waals surface area contributed by atoms with Crippen molar-refractivity contribution in [2.45, 2.75) is 25.6 Å². The summed E-state index contributed by atoms with van der Waals surface area (Å²) < 4.78 is 1.96. The maximum absolute atomic E-state index is 10.7. The monoisotopic (exact) mass is 196 g/mol. The molecular weight excluding hydrogens is 184 g/mol. The van der Waals surface area contributed by atoms with E-state index in [4.69, 9.17) is 0 Å². The molecule has 0 radical (unpaired) electrons. The third-order valence-corrected chi connectivity index (χ3v) is 3.32. The van der Waals surface area contributed by atoms with Crippen molar-refractivity contribution in [3.05, 3.63) is 17.0 Å². The van der Waals surface area contributed by atoms with Gasteiger partial charge >= 0.3 is 0 Å². The molecule has 0 unspecified atom stereocenters. The minimum atomic E-state index is 0.643. The zero-order chi connectivity index (χ0) is 9.26. The van der Waals surface area contributed by atoms with E-state index in [9.17, 15) is 4.79 Å². The topological polar surface area (TPSA) is 34.9 Å². The average Bonchev–Trinajstić information content (AvgIpc) is 2.56. The Labute approximate surface area is 81.5 Å². The second-order valence-corrected chi connectivity index (χ2v) is 4.15. The predicted octanol–water partition coefficient (Wildman–Crippen LogP) is 1.50. The molecule has 2 rings (SSSR count). The first-order valence-electron chi connectivity index (χ1n) is 4.48. The van der Waals surface area contributed by atoms with E-state index in [1.807, 2.05) is 16.4 Å². The molecule has 0 spiro atoms. The Kier molecular flexibility index (Phi) is 2.40. The van der Waals surface area contributed by atoms with Gasteiger partial charge in [-0.05, 0) is 19.1 Å². The number of aryl methyl sites for hydroxylation is 1. The Morgan fingerprint density at radius 1 is 1.69 bits per heavy atom. The van der Waals surface area contributed by atoms with Gasteiger partial charge in [-0.1, -0.05) is 0 Å². The first-order valence-corrected chi connectivity index (χ1v) is 5.63. The van der Waals surface area contributed by atoms with Gasteiger partial charge in [0.05, 0.1) is 0 Å². The number of hydrogen-bond donors (Lipinski definition) is 0. The quantitative estimate of drug-likeness (QED) is 0.672. The fourth-order valence-electron chi connectivity index (χ4n) is 1.69. The second kappa shape index (κ2) is 3.54. The molecule has 70 valence electrons. The molecule has 1 aliphatic rings. The minimum Gasteiger partial charge on any atom is -0.296 e. The maximum Gasteiger partial charge on any atom is 0.170 e. The number of carbonyl (C=O) groups excluding carboxylic acids is 1. The van der Waals surface area contributed by atoms with Crippen LogP contribution >= 0.6 is 11.8 Å². The fraction of sp³-hybridized carbons (Fsp3) is 0.556. The molecule has 0 N–H and O–H groups in total. The summed E-state index contributed by atoms with van der Waals surface area (Å²) in [6.07, 6.45) is 1.92. The highest BCUT2D eigenvalue weighted by Crippen LogP contribution is 2.26. The van der Waals surface area contributed by atoms with Crippen LogP contribution in [0.5, 0.6) is 0 Å². The van der Waals surface area contributed by atoms with Crippen molar-refractivity contribution in [1.82, 2.24) is 9.78 Å². The minimum absolute atomic E-state index is 0.643. The van der Waals surface area contributed by atoms with Gasteiger partial charge in [0.15, 0.2) is 6.29 Å². The van der Waals surface area contributed by atoms with Gasteiger partial charge in [0.25, 0.3) is 0 Å². The van der Waals surface area contributed by atoms with E-state index >= 15 is 0 Å². The molecule has 13 heavy (non-hydrogen) atoms. The van der Waals surface area contributed by atoms with Crippen LogP contribution in [0.15, 0.2) is 0 Å². The molecular formula is C9H12N2OS. The van der Waals surface area contributed by atoms with Crippen molar-refractivity contribution < 1.29 is 4.79 Å². The van der Waals surface area contributed by atoms with E-state index in [-0.39, 0.29) is 0 Å². The summed E-state index contributed by atoms with van der Waals surface area (Å²) in [5.41, 5.74) is 3.07. The Bertz CT molecular complexity index is 333. The number of thioether (sulfide) groups is 1. The molecule has 4 heteroatoms. The number of rotatable bonds is 2. The molecule has 1 aromatic heterocycles. The smallest absolute Gasteiger partial charge is 0.170 e. The Hall–Kier alpha value is -0.770. The first kappa shape index (κ1) is 8.81. The molecule has 0 saturated carbocycles. The van der Waals surface area contributed by atoms with Crippen LogP contribution in [0.4, 0.5) is 0 Å². The highest BCUT2D eigenvalue weighted by Gasteiger charge is 2.19. The molecule has 1 aliphatic heterocycles. The second-order valence-electron chi connectivity index (χ2n) is 3.05. The largest absolute Gasteiger partial charge is 0.296 e. The van der Waals surface area contributed by atoms with Gasteiger partial charge in [0.1, 0.15) is 5.69 Å². The molecule has 1 aromatic rings. The van der Waals surface area contributed by atoms with Crippen LogP contribution in [-0.2, 0) is 18.7 Å². The number of carbonyl (C=O) groups is 1. The number of nitrogens with zero attached hydrogens (tertiary/aromatic N) is 2. The van der Waals surface area contributed by atoms with Crippen LogP contribution in [0.1, 0.15) is 28.7 Å². The lowest BCUT2D eigenvalue weighted by Crippen LogP contribution is -2.08. The van der Waals surface area contributed by atoms with Gasteiger partial charge in [-0.25, -0.2) is 0 Å². The fourth-order valence-corrected chi connectivity index (χ4v) is 2.69. The van der Waals surface area contributed by atoms with Crippen molar-refractivity contribution in [2.75, 3.05) is 5.75 Å². The number of hydrogen-bond acceptors (Lipinski definition) is 3. The van der Waals surface area contributed by atoms with Gasteiger partial charge < -0.3 is 0 Å². The molecule has 0 aromatic carbocycles. The van der Waals surface area contributed by atoms with Crippen LogP contribution in [0, 0.1) is 0 Å². The summed E-state index contributed by atoms with van der Waals surface area (Å²) in [4.78, 5) is 10.7. The Morgan fingerprint density at radius 3 is 3.23 bits per heavy atom. The molecule has 0 saturated heterocycles. The van der Waals surface area contributed by atoms with E-state index < -0.39 is 0 Å². The molecule has 0 aliphatic carbocycles. The van der Waals surface area contributed by atoms with Crippen LogP contribution in [0.25, 0.3) is 0 Å². The van der Waals surface area contributed by atoms with Gasteiger partial charge in [0.2, 0.25) is 0 Å². The van der Waals surface area contributed by atoms with Gasteiger partial charge in [-0.2, -0.15) is 16.9 Å². The summed E-state index contributed by atoms with van der Waals surface area (Å²) in [7, 11) is 0. The standard InChI is InChI=1S/C9H12N2OS/c1-2-11-9-3-4-13-6-7(9)8(5-12)10-11/h5H,2-4,6H2,1H3. The van der Waals surface area contributed by atoms with Gasteiger partial charge in [-0.3, -0.25) is 9.48 Å². The Balaban J connectivity index is 2.50. The van der Waals surface area contributed by atoms with Crippen LogP contribution in [0.2, 0.25) is 0 Å². The summed E-state index contributed by atoms with van der Waals surface area (Å²) in [5, 5.41) is 4.26. The molecule has 0 bridgehead atoms. The normalized spacial score (nSPS) is 15.5. The van der Waals surface area contributed by atoms with E-state index in [0.717, 1.165) is 36.3 Å². The van der Waals surface area contributed by atoms with Crippen molar-refractivity contribution in [1.29, 1.82) is 0 Å². The van der Waals surface area contributed by atoms with E-state index in [1.54, 1.807) is 0 Å². The van der Waals surface area contributed by atoms with Crippen molar-refractivity contribution in [3.63, 3.8) is 0 Å². The third-order valence-electron chi connectivity index (χ3n) is 2.34. The number of aldehydes is 1. The Morgan fingerprint density at radius 2 is 2.54 bits per heavy atom. The van der Waals surface area contributed by atoms with Crippen molar-refractivity contribution >= 4 is 18.0 Å². The molecule has 0 atom stereocenters. The van der Waals surface area contributed by atoms with Crippen LogP contribution < -0.4 is 0 Å². The third kappa shape index (κ3) is 1.39. The van der Waals surface area contributed by atoms with E-state index in [1.165, 1.54) is 5.69 Å². The summed E-state index contributed by atoms with van der Waals surface area (Å²) >= 11 is 1.88. The molecule has 3 nitrogen and oxygen atoms in total. The molecule has 2 heterocycles. The van der Waals surface area contributed by atoms with Crippen molar-refractivity contribution in [3.8, 4) is 0 Å². The van der Waals surface area contributed by atoms with Gasteiger partial charge in [0, 0.05) is 23.6 Å². The summed E-state index contributed by atoms with van der Waals surface area (Å²) in [5.74, 6) is 2.10. The number of aromatic nitrogens is 2. The SMILES string of the molecule is CCn1nc(C=O)c2c1CCSC2. The van der Waals surface area contributed by atoms with Crippen molar-refractivity contribution in [2.24, 2.45) is 0 Å². The highest BCUT2D eigenvalue weighted by atomic mass is 32.2. The lowest BCUT2D eigenvalue weighted by atomic mass is 10.1. The van der Waals surface area contributed by atoms with E-state index in [0.29, 0.717) is 5.69 Å².